The van der Waals surface area contributed by atoms with Crippen LogP contribution in [0, 0.1) is 0 Å². The third-order valence-corrected chi connectivity index (χ3v) is 11.2. The molecule has 0 radical (unpaired) electrons. The SMILES string of the molecule is c1ccc(-c2nc(-c3ccc(-n4c5ccccc5c5c4ccc4c6ccccc6n(-c6ccccc6)c45)cc3)nc3sc4ccccc4c23)cc1. The molecule has 11 aromatic rings. The quantitative estimate of drug-likeness (QED) is 0.187. The lowest BCUT2D eigenvalue weighted by Crippen LogP contribution is -1.96. The first-order valence-electron chi connectivity index (χ1n) is 17.2. The molecule has 5 heteroatoms. The molecule has 4 heterocycles. The summed E-state index contributed by atoms with van der Waals surface area (Å²) in [4.78, 5) is 11.4. The van der Waals surface area contributed by atoms with Gasteiger partial charge in [-0.25, -0.2) is 9.97 Å². The van der Waals surface area contributed by atoms with Crippen molar-refractivity contribution in [3.8, 4) is 34.0 Å². The molecule has 4 nitrogen and oxygen atoms in total. The predicted molar refractivity (Wildman–Crippen MR) is 214 cm³/mol. The van der Waals surface area contributed by atoms with Gasteiger partial charge in [0.15, 0.2) is 5.82 Å². The molecular formula is C46H28N4S. The third kappa shape index (κ3) is 4.19. The highest BCUT2D eigenvalue weighted by atomic mass is 32.1. The van der Waals surface area contributed by atoms with Crippen LogP contribution in [0.25, 0.3) is 97.9 Å². The van der Waals surface area contributed by atoms with Gasteiger partial charge in [0.1, 0.15) is 4.83 Å². The molecule has 238 valence electrons. The van der Waals surface area contributed by atoms with Gasteiger partial charge in [0.2, 0.25) is 0 Å². The van der Waals surface area contributed by atoms with Gasteiger partial charge in [-0.3, -0.25) is 0 Å². The van der Waals surface area contributed by atoms with Gasteiger partial charge in [-0.2, -0.15) is 0 Å². The first-order valence-corrected chi connectivity index (χ1v) is 18.0. The summed E-state index contributed by atoms with van der Waals surface area (Å²) in [7, 11) is 0. The molecule has 0 spiro atoms. The summed E-state index contributed by atoms with van der Waals surface area (Å²) in [5.74, 6) is 0.732. The number of rotatable bonds is 4. The number of para-hydroxylation sites is 3. The molecule has 0 N–H and O–H groups in total. The van der Waals surface area contributed by atoms with Crippen molar-refractivity contribution in [2.24, 2.45) is 0 Å². The van der Waals surface area contributed by atoms with Gasteiger partial charge < -0.3 is 9.13 Å². The fourth-order valence-electron chi connectivity index (χ4n) is 7.95. The van der Waals surface area contributed by atoms with Crippen LogP contribution >= 0.6 is 11.3 Å². The molecular weight excluding hydrogens is 641 g/mol. The smallest absolute Gasteiger partial charge is 0.161 e. The van der Waals surface area contributed by atoms with E-state index in [-0.39, 0.29) is 0 Å². The molecule has 0 aliphatic heterocycles. The van der Waals surface area contributed by atoms with Crippen LogP contribution in [0.1, 0.15) is 0 Å². The van der Waals surface area contributed by atoms with Gasteiger partial charge in [-0.15, -0.1) is 11.3 Å². The Bertz CT molecular complexity index is 3120. The van der Waals surface area contributed by atoms with Crippen molar-refractivity contribution in [3.05, 3.63) is 170 Å². The maximum atomic E-state index is 5.24. The molecule has 0 aliphatic rings. The number of fused-ring (bicyclic) bond motifs is 10. The van der Waals surface area contributed by atoms with Crippen molar-refractivity contribution in [2.75, 3.05) is 0 Å². The minimum atomic E-state index is 0.732. The molecule has 7 aromatic carbocycles. The number of benzene rings is 7. The lowest BCUT2D eigenvalue weighted by Gasteiger charge is -2.11. The highest BCUT2D eigenvalue weighted by molar-refractivity contribution is 7.25. The highest BCUT2D eigenvalue weighted by Gasteiger charge is 2.21. The van der Waals surface area contributed by atoms with Crippen LogP contribution < -0.4 is 0 Å². The zero-order valence-corrected chi connectivity index (χ0v) is 28.2. The van der Waals surface area contributed by atoms with Gasteiger partial charge >= 0.3 is 0 Å². The number of thiophene rings is 1. The fourth-order valence-corrected chi connectivity index (χ4v) is 9.02. The Kier molecular flexibility index (Phi) is 6.09. The summed E-state index contributed by atoms with van der Waals surface area (Å²) in [5, 5.41) is 7.30. The monoisotopic (exact) mass is 668 g/mol. The van der Waals surface area contributed by atoms with Crippen LogP contribution in [0.4, 0.5) is 0 Å². The Labute approximate surface area is 297 Å². The first-order chi connectivity index (χ1) is 25.3. The normalized spacial score (nSPS) is 11.9. The molecule has 0 atom stereocenters. The van der Waals surface area contributed by atoms with E-state index < -0.39 is 0 Å². The van der Waals surface area contributed by atoms with Crippen LogP contribution in [0.2, 0.25) is 0 Å². The van der Waals surface area contributed by atoms with E-state index in [1.165, 1.54) is 53.7 Å². The van der Waals surface area contributed by atoms with Crippen molar-refractivity contribution in [3.63, 3.8) is 0 Å². The maximum Gasteiger partial charge on any atom is 0.161 e. The van der Waals surface area contributed by atoms with Crippen molar-refractivity contribution >= 4 is 75.3 Å². The van der Waals surface area contributed by atoms with Crippen LogP contribution in [0.15, 0.2) is 170 Å². The minimum absolute atomic E-state index is 0.732. The Balaban J connectivity index is 1.13. The maximum absolute atomic E-state index is 5.24. The van der Waals surface area contributed by atoms with Crippen LogP contribution in [0.5, 0.6) is 0 Å². The third-order valence-electron chi connectivity index (χ3n) is 10.2. The van der Waals surface area contributed by atoms with Crippen molar-refractivity contribution < 1.29 is 0 Å². The Morgan fingerprint density at radius 2 is 1.02 bits per heavy atom. The Hall–Kier alpha value is -6.56. The summed E-state index contributed by atoms with van der Waals surface area (Å²) < 4.78 is 6.05. The van der Waals surface area contributed by atoms with Crippen LogP contribution in [-0.2, 0) is 0 Å². The van der Waals surface area contributed by atoms with E-state index >= 15 is 0 Å². The van der Waals surface area contributed by atoms with E-state index in [1.54, 1.807) is 11.3 Å². The standard InChI is InChI=1S/C46H28N4S/c1-3-13-29(14-4-1)43-42-36-19-9-12-22-40(36)51-46(42)48-45(47-43)30-23-25-32(26-24-30)49-38-21-11-8-18-35(38)41-39(49)28-27-34-33-17-7-10-20-37(33)50(44(34)41)31-15-5-2-6-16-31/h1-28H. The summed E-state index contributed by atoms with van der Waals surface area (Å²) in [6.07, 6.45) is 0. The van der Waals surface area contributed by atoms with Crippen LogP contribution in [0.3, 0.4) is 0 Å². The second-order valence-corrected chi connectivity index (χ2v) is 14.0. The molecule has 0 amide bonds. The molecule has 0 saturated carbocycles. The lowest BCUT2D eigenvalue weighted by atomic mass is 10.1. The fraction of sp³-hybridized carbons (Fsp3) is 0. The van der Waals surface area contributed by atoms with Crippen molar-refractivity contribution in [1.82, 2.24) is 19.1 Å². The molecule has 0 bridgehead atoms. The summed E-state index contributed by atoms with van der Waals surface area (Å²) in [5.41, 5.74) is 10.1. The van der Waals surface area contributed by atoms with Gasteiger partial charge in [0.25, 0.3) is 0 Å². The Morgan fingerprint density at radius 1 is 0.392 bits per heavy atom. The van der Waals surface area contributed by atoms with E-state index in [9.17, 15) is 0 Å². The average Bonchev–Trinajstić information content (AvgIpc) is 3.86. The summed E-state index contributed by atoms with van der Waals surface area (Å²) in [6, 6.07) is 60.6. The van der Waals surface area contributed by atoms with E-state index in [0.29, 0.717) is 0 Å². The van der Waals surface area contributed by atoms with E-state index in [4.69, 9.17) is 9.97 Å². The Morgan fingerprint density at radius 3 is 1.80 bits per heavy atom. The van der Waals surface area contributed by atoms with E-state index in [2.05, 4.69) is 173 Å². The number of hydrogen-bond donors (Lipinski definition) is 0. The highest BCUT2D eigenvalue weighted by Crippen LogP contribution is 2.43. The molecule has 51 heavy (non-hydrogen) atoms. The summed E-state index contributed by atoms with van der Waals surface area (Å²) >= 11 is 1.73. The van der Waals surface area contributed by atoms with Crippen molar-refractivity contribution in [1.29, 1.82) is 0 Å². The molecule has 0 aliphatic carbocycles. The molecule has 0 fully saturated rings. The van der Waals surface area contributed by atoms with Crippen LogP contribution in [-0.4, -0.2) is 19.1 Å². The van der Waals surface area contributed by atoms with Gasteiger partial charge in [-0.1, -0.05) is 109 Å². The van der Waals surface area contributed by atoms with Gasteiger partial charge in [-0.05, 0) is 60.7 Å². The minimum Gasteiger partial charge on any atom is -0.309 e. The largest absolute Gasteiger partial charge is 0.309 e. The van der Waals surface area contributed by atoms with Crippen molar-refractivity contribution in [2.45, 2.75) is 0 Å². The summed E-state index contributed by atoms with van der Waals surface area (Å²) in [6.45, 7) is 0. The molecule has 4 aromatic heterocycles. The molecule has 0 unspecified atom stereocenters. The van der Waals surface area contributed by atoms with E-state index in [0.717, 1.165) is 44.2 Å². The number of nitrogens with zero attached hydrogens (tertiary/aromatic N) is 4. The van der Waals surface area contributed by atoms with Gasteiger partial charge in [0, 0.05) is 59.5 Å². The predicted octanol–water partition coefficient (Wildman–Crippen LogP) is 12.4. The molecule has 11 rings (SSSR count). The second kappa shape index (κ2) is 11.0. The second-order valence-electron chi connectivity index (χ2n) is 13.0. The zero-order valence-electron chi connectivity index (χ0n) is 27.4. The first kappa shape index (κ1) is 28.3. The molecule has 0 saturated heterocycles. The lowest BCUT2D eigenvalue weighted by molar-refractivity contribution is 1.17. The number of hydrogen-bond acceptors (Lipinski definition) is 3. The average molecular weight is 669 g/mol. The zero-order chi connectivity index (χ0) is 33.5. The number of aromatic nitrogens is 4. The topological polar surface area (TPSA) is 35.6 Å². The van der Waals surface area contributed by atoms with E-state index in [1.807, 2.05) is 6.07 Å². The van der Waals surface area contributed by atoms with Gasteiger partial charge in [0.05, 0.1) is 27.8 Å².